The summed E-state index contributed by atoms with van der Waals surface area (Å²) in [6, 6.07) is 19.2. The van der Waals surface area contributed by atoms with Gasteiger partial charge in [-0.25, -0.2) is 0 Å². The van der Waals surface area contributed by atoms with E-state index in [1.54, 1.807) is 18.0 Å². The molecule has 2 aromatic carbocycles. The number of aryl methyl sites for hydroxylation is 1. The van der Waals surface area contributed by atoms with Gasteiger partial charge in [0.1, 0.15) is 11.5 Å². The molecule has 1 heterocycles. The van der Waals surface area contributed by atoms with Gasteiger partial charge in [0, 0.05) is 22.8 Å². The van der Waals surface area contributed by atoms with E-state index in [1.165, 1.54) is 0 Å². The second-order valence-corrected chi connectivity index (χ2v) is 6.20. The molecule has 0 aliphatic heterocycles. The maximum Gasteiger partial charge on any atom is 0.261 e. The van der Waals surface area contributed by atoms with E-state index in [4.69, 9.17) is 4.42 Å². The Morgan fingerprint density at radius 3 is 2.35 bits per heavy atom. The second kappa shape index (κ2) is 6.42. The van der Waals surface area contributed by atoms with Crippen molar-refractivity contribution in [1.82, 2.24) is 0 Å². The lowest BCUT2D eigenvalue weighted by atomic mass is 10.1. The van der Waals surface area contributed by atoms with E-state index < -0.39 is 0 Å². The second-order valence-electron chi connectivity index (χ2n) is 5.29. The van der Waals surface area contributed by atoms with Crippen LogP contribution in [-0.4, -0.2) is 13.0 Å². The molecule has 0 saturated carbocycles. The molecular weight excluding hydrogens is 354 g/mol. The van der Waals surface area contributed by atoms with Crippen molar-refractivity contribution in [2.24, 2.45) is 0 Å². The molecule has 1 amide bonds. The summed E-state index contributed by atoms with van der Waals surface area (Å²) in [4.78, 5) is 14.4. The van der Waals surface area contributed by atoms with Gasteiger partial charge in [0.05, 0.1) is 5.56 Å². The first-order valence-electron chi connectivity index (χ1n) is 7.26. The summed E-state index contributed by atoms with van der Waals surface area (Å²) >= 11 is 3.41. The minimum Gasteiger partial charge on any atom is -0.461 e. The van der Waals surface area contributed by atoms with Crippen molar-refractivity contribution in [3.63, 3.8) is 0 Å². The fourth-order valence-corrected chi connectivity index (χ4v) is 2.66. The highest BCUT2D eigenvalue weighted by Gasteiger charge is 2.20. The Morgan fingerprint density at radius 2 is 1.70 bits per heavy atom. The van der Waals surface area contributed by atoms with E-state index in [0.717, 1.165) is 15.7 Å². The van der Waals surface area contributed by atoms with Crippen LogP contribution in [0.5, 0.6) is 0 Å². The first-order valence-corrected chi connectivity index (χ1v) is 8.05. The third-order valence-electron chi connectivity index (χ3n) is 3.73. The summed E-state index contributed by atoms with van der Waals surface area (Å²) < 4.78 is 6.79. The zero-order chi connectivity index (χ0) is 16.4. The summed E-state index contributed by atoms with van der Waals surface area (Å²) in [5, 5.41) is 0. The van der Waals surface area contributed by atoms with Crippen LogP contribution in [0.4, 0.5) is 5.69 Å². The van der Waals surface area contributed by atoms with Gasteiger partial charge in [0.25, 0.3) is 5.91 Å². The average molecular weight is 370 g/mol. The lowest BCUT2D eigenvalue weighted by molar-refractivity contribution is 0.0991. The van der Waals surface area contributed by atoms with Crippen LogP contribution in [0.3, 0.4) is 0 Å². The highest BCUT2D eigenvalue weighted by Crippen LogP contribution is 2.28. The average Bonchev–Trinajstić information content (AvgIpc) is 2.96. The zero-order valence-corrected chi connectivity index (χ0v) is 14.5. The maximum atomic E-state index is 12.7. The zero-order valence-electron chi connectivity index (χ0n) is 12.9. The van der Waals surface area contributed by atoms with Crippen molar-refractivity contribution >= 4 is 27.5 Å². The van der Waals surface area contributed by atoms with Gasteiger partial charge >= 0.3 is 0 Å². The molecule has 0 spiro atoms. The molecular formula is C19H16BrNO2. The molecule has 3 rings (SSSR count). The minimum absolute atomic E-state index is 0.0826. The van der Waals surface area contributed by atoms with Crippen LogP contribution in [0, 0.1) is 6.92 Å². The predicted octanol–water partition coefficient (Wildman–Crippen LogP) is 5.29. The molecule has 0 saturated heterocycles. The Hall–Kier alpha value is -2.33. The van der Waals surface area contributed by atoms with Crippen LogP contribution in [0.2, 0.25) is 0 Å². The van der Waals surface area contributed by atoms with Crippen molar-refractivity contribution in [1.29, 1.82) is 0 Å². The monoisotopic (exact) mass is 369 g/mol. The van der Waals surface area contributed by atoms with Crippen molar-refractivity contribution in [3.8, 4) is 11.3 Å². The summed E-state index contributed by atoms with van der Waals surface area (Å²) in [6.07, 6.45) is 0. The van der Waals surface area contributed by atoms with Gasteiger partial charge in [-0.2, -0.15) is 0 Å². The van der Waals surface area contributed by atoms with Crippen LogP contribution in [0.25, 0.3) is 11.3 Å². The number of furan rings is 1. The smallest absolute Gasteiger partial charge is 0.261 e. The molecule has 0 unspecified atom stereocenters. The minimum atomic E-state index is -0.0826. The summed E-state index contributed by atoms with van der Waals surface area (Å²) in [5.74, 6) is 1.23. The predicted molar refractivity (Wildman–Crippen MR) is 95.8 cm³/mol. The molecule has 0 aliphatic carbocycles. The van der Waals surface area contributed by atoms with E-state index >= 15 is 0 Å². The number of nitrogens with zero attached hydrogens (tertiary/aromatic N) is 1. The van der Waals surface area contributed by atoms with E-state index in [-0.39, 0.29) is 5.91 Å². The number of halogens is 1. The van der Waals surface area contributed by atoms with Gasteiger partial charge in [-0.15, -0.1) is 0 Å². The number of carbonyl (C=O) groups is 1. The van der Waals surface area contributed by atoms with E-state index in [1.807, 2.05) is 61.5 Å². The molecule has 0 N–H and O–H groups in total. The molecule has 3 nitrogen and oxygen atoms in total. The molecule has 1 aromatic heterocycles. The van der Waals surface area contributed by atoms with Gasteiger partial charge in [0.15, 0.2) is 0 Å². The third kappa shape index (κ3) is 3.22. The van der Waals surface area contributed by atoms with Crippen molar-refractivity contribution in [2.75, 3.05) is 11.9 Å². The van der Waals surface area contributed by atoms with Crippen molar-refractivity contribution < 1.29 is 9.21 Å². The first-order chi connectivity index (χ1) is 11.1. The van der Waals surface area contributed by atoms with E-state index in [2.05, 4.69) is 15.9 Å². The SMILES string of the molecule is Cc1oc(-c2ccc(Br)cc2)cc1C(=O)N(C)c1ccccc1. The molecule has 0 atom stereocenters. The molecule has 3 aromatic rings. The fraction of sp³-hybridized carbons (Fsp3) is 0.105. The fourth-order valence-electron chi connectivity index (χ4n) is 2.40. The first kappa shape index (κ1) is 15.6. The van der Waals surface area contributed by atoms with Crippen LogP contribution >= 0.6 is 15.9 Å². The number of anilines is 1. The number of amides is 1. The van der Waals surface area contributed by atoms with Crippen LogP contribution < -0.4 is 4.90 Å². The highest BCUT2D eigenvalue weighted by molar-refractivity contribution is 9.10. The lowest BCUT2D eigenvalue weighted by Gasteiger charge is -2.16. The summed E-state index contributed by atoms with van der Waals surface area (Å²) in [6.45, 7) is 1.81. The third-order valence-corrected chi connectivity index (χ3v) is 4.25. The van der Waals surface area contributed by atoms with Gasteiger partial charge in [-0.05, 0) is 37.3 Å². The number of hydrogen-bond acceptors (Lipinski definition) is 2. The molecule has 23 heavy (non-hydrogen) atoms. The maximum absolute atomic E-state index is 12.7. The molecule has 0 aliphatic rings. The van der Waals surface area contributed by atoms with Crippen LogP contribution in [0.15, 0.2) is 69.6 Å². The van der Waals surface area contributed by atoms with Gasteiger partial charge in [-0.1, -0.05) is 46.3 Å². The largest absolute Gasteiger partial charge is 0.461 e. The summed E-state index contributed by atoms with van der Waals surface area (Å²) in [7, 11) is 1.77. The lowest BCUT2D eigenvalue weighted by Crippen LogP contribution is -2.26. The number of benzene rings is 2. The number of rotatable bonds is 3. The number of hydrogen-bond donors (Lipinski definition) is 0. The topological polar surface area (TPSA) is 33.5 Å². The highest BCUT2D eigenvalue weighted by atomic mass is 79.9. The van der Waals surface area contributed by atoms with Crippen LogP contribution in [0.1, 0.15) is 16.1 Å². The van der Waals surface area contributed by atoms with Gasteiger partial charge in [0.2, 0.25) is 0 Å². The van der Waals surface area contributed by atoms with Crippen molar-refractivity contribution in [2.45, 2.75) is 6.92 Å². The number of para-hydroxylation sites is 1. The van der Waals surface area contributed by atoms with Crippen molar-refractivity contribution in [3.05, 3.63) is 76.5 Å². The Labute approximate surface area is 143 Å². The molecule has 0 fully saturated rings. The Bertz CT molecular complexity index is 822. The summed E-state index contributed by atoms with van der Waals surface area (Å²) in [5.41, 5.74) is 2.37. The molecule has 0 bridgehead atoms. The Kier molecular flexibility index (Phi) is 4.35. The molecule has 4 heteroatoms. The Balaban J connectivity index is 1.91. The quantitative estimate of drug-likeness (QED) is 0.627. The Morgan fingerprint density at radius 1 is 1.04 bits per heavy atom. The van der Waals surface area contributed by atoms with Crippen LogP contribution in [-0.2, 0) is 0 Å². The number of carbonyl (C=O) groups excluding carboxylic acids is 1. The normalized spacial score (nSPS) is 10.6. The van der Waals surface area contributed by atoms with Gasteiger partial charge < -0.3 is 9.32 Å². The standard InChI is InChI=1S/C19H16BrNO2/c1-13-17(19(22)21(2)16-6-4-3-5-7-16)12-18(23-13)14-8-10-15(20)11-9-14/h3-12H,1-2H3. The molecule has 0 radical (unpaired) electrons. The van der Waals surface area contributed by atoms with E-state index in [9.17, 15) is 4.79 Å². The van der Waals surface area contributed by atoms with Gasteiger partial charge in [-0.3, -0.25) is 4.79 Å². The molecule has 116 valence electrons. The van der Waals surface area contributed by atoms with E-state index in [0.29, 0.717) is 17.1 Å².